The van der Waals surface area contributed by atoms with Gasteiger partial charge in [-0.1, -0.05) is 133 Å². The molecular formula is C48H32N2S. The maximum atomic E-state index is 2.44. The van der Waals surface area contributed by atoms with E-state index in [1.807, 2.05) is 11.3 Å². The number of para-hydroxylation sites is 2. The van der Waals surface area contributed by atoms with E-state index in [0.29, 0.717) is 0 Å². The number of anilines is 3. The SMILES string of the molecule is c1ccc(-c2ccc(N(c3ccc4c5ccccc5n(-c5ccc6sc7ccccc7c6c5)c4c3)c3ccccc3-c3ccccc3)cc2)cc1. The van der Waals surface area contributed by atoms with Gasteiger partial charge in [0.2, 0.25) is 0 Å². The number of hydrogen-bond donors (Lipinski definition) is 0. The molecule has 0 unspecified atom stereocenters. The first-order chi connectivity index (χ1) is 25.3. The molecule has 0 aliphatic rings. The Kier molecular flexibility index (Phi) is 7.04. The van der Waals surface area contributed by atoms with E-state index in [1.165, 1.54) is 64.2 Å². The van der Waals surface area contributed by atoms with Crippen LogP contribution in [-0.2, 0) is 0 Å². The molecule has 0 aliphatic heterocycles. The Morgan fingerprint density at radius 1 is 0.373 bits per heavy atom. The van der Waals surface area contributed by atoms with Crippen LogP contribution >= 0.6 is 11.3 Å². The lowest BCUT2D eigenvalue weighted by molar-refractivity contribution is 1.18. The molecule has 0 spiro atoms. The summed E-state index contributed by atoms with van der Waals surface area (Å²) in [5.41, 5.74) is 11.6. The predicted octanol–water partition coefficient (Wildman–Crippen LogP) is 14.0. The van der Waals surface area contributed by atoms with Crippen LogP contribution in [0.1, 0.15) is 0 Å². The first-order valence-corrected chi connectivity index (χ1v) is 18.2. The first-order valence-electron chi connectivity index (χ1n) is 17.4. The van der Waals surface area contributed by atoms with Crippen molar-refractivity contribution in [2.45, 2.75) is 0 Å². The Bertz CT molecular complexity index is 2850. The molecule has 3 heteroatoms. The summed E-state index contributed by atoms with van der Waals surface area (Å²) in [5, 5.41) is 5.09. The van der Waals surface area contributed by atoms with Crippen molar-refractivity contribution in [2.24, 2.45) is 0 Å². The lowest BCUT2D eigenvalue weighted by atomic mass is 10.0. The number of rotatable bonds is 6. The molecule has 240 valence electrons. The van der Waals surface area contributed by atoms with Gasteiger partial charge in [0.1, 0.15) is 0 Å². The summed E-state index contributed by atoms with van der Waals surface area (Å²) in [6.07, 6.45) is 0. The molecule has 0 amide bonds. The third-order valence-corrected chi connectivity index (χ3v) is 11.1. The summed E-state index contributed by atoms with van der Waals surface area (Å²) in [4.78, 5) is 2.41. The molecule has 0 saturated heterocycles. The van der Waals surface area contributed by atoms with Crippen molar-refractivity contribution in [3.63, 3.8) is 0 Å². The Morgan fingerprint density at radius 3 is 1.80 bits per heavy atom. The van der Waals surface area contributed by atoms with Gasteiger partial charge in [-0.2, -0.15) is 0 Å². The van der Waals surface area contributed by atoms with Crippen LogP contribution < -0.4 is 4.90 Å². The minimum Gasteiger partial charge on any atom is -0.310 e. The fourth-order valence-electron chi connectivity index (χ4n) is 7.62. The van der Waals surface area contributed by atoms with Gasteiger partial charge < -0.3 is 9.47 Å². The van der Waals surface area contributed by atoms with Crippen LogP contribution in [0.15, 0.2) is 194 Å². The van der Waals surface area contributed by atoms with Crippen LogP contribution in [0.2, 0.25) is 0 Å². The molecule has 10 rings (SSSR count). The first kappa shape index (κ1) is 29.5. The van der Waals surface area contributed by atoms with Gasteiger partial charge in [-0.15, -0.1) is 11.3 Å². The summed E-state index contributed by atoms with van der Waals surface area (Å²) in [7, 11) is 0. The van der Waals surface area contributed by atoms with Crippen molar-refractivity contribution < 1.29 is 0 Å². The Morgan fingerprint density at radius 2 is 0.980 bits per heavy atom. The third kappa shape index (κ3) is 5.01. The molecule has 2 nitrogen and oxygen atoms in total. The lowest BCUT2D eigenvalue weighted by Crippen LogP contribution is -2.11. The number of benzene rings is 8. The Hall–Kier alpha value is -6.42. The molecule has 0 bridgehead atoms. The summed E-state index contributed by atoms with van der Waals surface area (Å²) in [6, 6.07) is 70.4. The van der Waals surface area contributed by atoms with E-state index in [4.69, 9.17) is 0 Å². The highest BCUT2D eigenvalue weighted by Crippen LogP contribution is 2.44. The van der Waals surface area contributed by atoms with Gasteiger partial charge in [0.15, 0.2) is 0 Å². The van der Waals surface area contributed by atoms with Crippen LogP contribution in [0.25, 0.3) is 69.9 Å². The second kappa shape index (κ2) is 12.2. The zero-order valence-corrected chi connectivity index (χ0v) is 28.6. The summed E-state index contributed by atoms with van der Waals surface area (Å²) < 4.78 is 5.07. The zero-order chi connectivity index (χ0) is 33.7. The van der Waals surface area contributed by atoms with Crippen molar-refractivity contribution in [3.8, 4) is 27.9 Å². The normalized spacial score (nSPS) is 11.5. The van der Waals surface area contributed by atoms with Crippen LogP contribution in [0.3, 0.4) is 0 Å². The molecule has 0 aliphatic carbocycles. The van der Waals surface area contributed by atoms with E-state index in [-0.39, 0.29) is 0 Å². The van der Waals surface area contributed by atoms with Crippen LogP contribution in [-0.4, -0.2) is 4.57 Å². The molecule has 0 saturated carbocycles. The highest BCUT2D eigenvalue weighted by atomic mass is 32.1. The number of aromatic nitrogens is 1. The minimum atomic E-state index is 1.10. The quantitative estimate of drug-likeness (QED) is 0.171. The molecule has 10 aromatic rings. The van der Waals surface area contributed by atoms with E-state index >= 15 is 0 Å². The van der Waals surface area contributed by atoms with Gasteiger partial charge in [0, 0.05) is 53.6 Å². The molecule has 8 aromatic carbocycles. The third-order valence-electron chi connectivity index (χ3n) is 10.00. The molecule has 2 heterocycles. The Labute approximate surface area is 300 Å². The molecular weight excluding hydrogens is 637 g/mol. The van der Waals surface area contributed by atoms with Crippen molar-refractivity contribution in [2.75, 3.05) is 4.90 Å². The molecule has 0 atom stereocenters. The van der Waals surface area contributed by atoms with Gasteiger partial charge in [-0.25, -0.2) is 0 Å². The van der Waals surface area contributed by atoms with E-state index in [2.05, 4.69) is 204 Å². The van der Waals surface area contributed by atoms with Gasteiger partial charge in [-0.05, 0) is 77.4 Å². The average molecular weight is 669 g/mol. The monoisotopic (exact) mass is 668 g/mol. The van der Waals surface area contributed by atoms with E-state index in [1.54, 1.807) is 0 Å². The maximum Gasteiger partial charge on any atom is 0.0561 e. The Balaban J connectivity index is 1.21. The highest BCUT2D eigenvalue weighted by Gasteiger charge is 2.20. The molecule has 2 aromatic heterocycles. The zero-order valence-electron chi connectivity index (χ0n) is 27.8. The fourth-order valence-corrected chi connectivity index (χ4v) is 8.71. The average Bonchev–Trinajstić information content (AvgIpc) is 3.74. The molecule has 0 N–H and O–H groups in total. The van der Waals surface area contributed by atoms with Crippen LogP contribution in [0.4, 0.5) is 17.1 Å². The number of hydrogen-bond acceptors (Lipinski definition) is 2. The largest absolute Gasteiger partial charge is 0.310 e. The summed E-state index contributed by atoms with van der Waals surface area (Å²) >= 11 is 1.86. The van der Waals surface area contributed by atoms with Crippen molar-refractivity contribution in [3.05, 3.63) is 194 Å². The van der Waals surface area contributed by atoms with Crippen LogP contribution in [0.5, 0.6) is 0 Å². The fraction of sp³-hybridized carbons (Fsp3) is 0. The lowest BCUT2D eigenvalue weighted by Gasteiger charge is -2.28. The minimum absolute atomic E-state index is 1.10. The van der Waals surface area contributed by atoms with Crippen molar-refractivity contribution >= 4 is 70.4 Å². The number of thiophene rings is 1. The van der Waals surface area contributed by atoms with E-state index < -0.39 is 0 Å². The van der Waals surface area contributed by atoms with Crippen molar-refractivity contribution in [1.82, 2.24) is 4.57 Å². The van der Waals surface area contributed by atoms with Gasteiger partial charge in [0.05, 0.1) is 16.7 Å². The van der Waals surface area contributed by atoms with Crippen LogP contribution in [0, 0.1) is 0 Å². The number of nitrogens with zero attached hydrogens (tertiary/aromatic N) is 2. The highest BCUT2D eigenvalue weighted by molar-refractivity contribution is 7.25. The second-order valence-corrected chi connectivity index (χ2v) is 14.0. The number of fused-ring (bicyclic) bond motifs is 6. The topological polar surface area (TPSA) is 8.17 Å². The van der Waals surface area contributed by atoms with Gasteiger partial charge in [0.25, 0.3) is 0 Å². The van der Waals surface area contributed by atoms with E-state index in [0.717, 1.165) is 22.7 Å². The maximum absolute atomic E-state index is 2.44. The summed E-state index contributed by atoms with van der Waals surface area (Å²) in [6.45, 7) is 0. The van der Waals surface area contributed by atoms with Gasteiger partial charge >= 0.3 is 0 Å². The van der Waals surface area contributed by atoms with Crippen molar-refractivity contribution in [1.29, 1.82) is 0 Å². The standard InChI is InChI=1S/C48H32N2S/c1-3-13-33(14-4-1)34-23-25-36(26-24-34)49(44-20-10-7-17-39(44)35-15-5-2-6-16-35)38-27-29-41-40-18-8-11-21-45(40)50(46(41)32-38)37-28-30-48-43(31-37)42-19-9-12-22-47(42)51-48/h1-32H. The molecule has 51 heavy (non-hydrogen) atoms. The molecule has 0 fully saturated rings. The van der Waals surface area contributed by atoms with E-state index in [9.17, 15) is 0 Å². The smallest absolute Gasteiger partial charge is 0.0561 e. The summed E-state index contributed by atoms with van der Waals surface area (Å²) in [5.74, 6) is 0. The van der Waals surface area contributed by atoms with Gasteiger partial charge in [-0.3, -0.25) is 0 Å². The molecule has 0 radical (unpaired) electrons. The predicted molar refractivity (Wildman–Crippen MR) is 219 cm³/mol. The second-order valence-electron chi connectivity index (χ2n) is 13.0.